The second-order valence-electron chi connectivity index (χ2n) is 7.60. The second kappa shape index (κ2) is 10.1. The number of aryl methyl sites for hydroxylation is 1. The van der Waals surface area contributed by atoms with Crippen LogP contribution in [0.5, 0.6) is 0 Å². The highest BCUT2D eigenvalue weighted by Gasteiger charge is 2.29. The van der Waals surface area contributed by atoms with E-state index in [1.807, 2.05) is 19.1 Å². The zero-order valence-electron chi connectivity index (χ0n) is 17.3. The Balaban J connectivity index is 1.83. The lowest BCUT2D eigenvalue weighted by atomic mass is 9.96. The van der Waals surface area contributed by atoms with Gasteiger partial charge in [-0.1, -0.05) is 50.6 Å². The first kappa shape index (κ1) is 22.3. The molecule has 0 aromatic heterocycles. The third-order valence-electron chi connectivity index (χ3n) is 5.48. The first-order chi connectivity index (χ1) is 14.4. The topological polar surface area (TPSA) is 35.5 Å². The molecule has 0 saturated carbocycles. The minimum atomic E-state index is -3.14. The molecule has 1 aliphatic rings. The molecule has 0 radical (unpaired) electrons. The highest BCUT2D eigenvalue weighted by Crippen LogP contribution is 2.34. The van der Waals surface area contributed by atoms with Crippen molar-refractivity contribution in [2.24, 2.45) is 0 Å². The number of benzene rings is 2. The lowest BCUT2D eigenvalue weighted by Gasteiger charge is -2.28. The van der Waals surface area contributed by atoms with E-state index < -0.39 is 35.4 Å². The number of hydrogen-bond acceptors (Lipinski definition) is 3. The molecule has 1 aliphatic heterocycles. The van der Waals surface area contributed by atoms with Crippen LogP contribution >= 0.6 is 0 Å². The number of halogens is 3. The van der Waals surface area contributed by atoms with Crippen molar-refractivity contribution in [2.45, 2.75) is 64.6 Å². The lowest BCUT2D eigenvalue weighted by molar-refractivity contribution is -0.0673. The average Bonchev–Trinajstić information content (AvgIpc) is 2.74. The Morgan fingerprint density at radius 3 is 2.43 bits per heavy atom. The number of alkyl halides is 2. The summed E-state index contributed by atoms with van der Waals surface area (Å²) in [5.41, 5.74) is 0.262. The zero-order valence-corrected chi connectivity index (χ0v) is 17.3. The predicted octanol–water partition coefficient (Wildman–Crippen LogP) is 6.50. The van der Waals surface area contributed by atoms with E-state index in [9.17, 15) is 13.6 Å². The van der Waals surface area contributed by atoms with E-state index in [0.29, 0.717) is 12.0 Å². The van der Waals surface area contributed by atoms with Crippen LogP contribution in [0.4, 0.5) is 13.2 Å². The SMILES string of the molecule is CCCc1ccc(-c2ccc(C(=O)OC3CCC(CC)OC3)c(C(F)F)c2F)cc1. The molecule has 2 atom stereocenters. The van der Waals surface area contributed by atoms with Crippen molar-refractivity contribution in [3.63, 3.8) is 0 Å². The summed E-state index contributed by atoms with van der Waals surface area (Å²) in [5, 5.41) is 0. The molecule has 162 valence electrons. The zero-order chi connectivity index (χ0) is 21.7. The summed E-state index contributed by atoms with van der Waals surface area (Å²) in [6.45, 7) is 4.29. The number of hydrogen-bond donors (Lipinski definition) is 0. The largest absolute Gasteiger partial charge is 0.456 e. The van der Waals surface area contributed by atoms with Gasteiger partial charge in [-0.05, 0) is 42.9 Å². The van der Waals surface area contributed by atoms with Crippen molar-refractivity contribution < 1.29 is 27.4 Å². The van der Waals surface area contributed by atoms with E-state index in [4.69, 9.17) is 9.47 Å². The number of esters is 1. The van der Waals surface area contributed by atoms with Gasteiger partial charge in [0, 0.05) is 5.56 Å². The molecule has 0 spiro atoms. The summed E-state index contributed by atoms with van der Waals surface area (Å²) < 4.78 is 53.4. The molecule has 0 bridgehead atoms. The van der Waals surface area contributed by atoms with Crippen LogP contribution in [0, 0.1) is 5.82 Å². The number of rotatable bonds is 7. The van der Waals surface area contributed by atoms with Crippen molar-refractivity contribution in [3.05, 3.63) is 58.9 Å². The number of ether oxygens (including phenoxy) is 2. The Labute approximate surface area is 175 Å². The smallest absolute Gasteiger partial charge is 0.339 e. The first-order valence-corrected chi connectivity index (χ1v) is 10.5. The van der Waals surface area contributed by atoms with Gasteiger partial charge >= 0.3 is 5.97 Å². The Bertz CT molecular complexity index is 857. The fourth-order valence-electron chi connectivity index (χ4n) is 3.76. The van der Waals surface area contributed by atoms with Gasteiger partial charge in [-0.2, -0.15) is 0 Å². The molecule has 0 amide bonds. The van der Waals surface area contributed by atoms with Gasteiger partial charge in [0.15, 0.2) is 0 Å². The van der Waals surface area contributed by atoms with Crippen LogP contribution in [-0.4, -0.2) is 24.8 Å². The fraction of sp³-hybridized carbons (Fsp3) is 0.458. The van der Waals surface area contributed by atoms with Gasteiger partial charge in [0.25, 0.3) is 6.43 Å². The highest BCUT2D eigenvalue weighted by molar-refractivity contribution is 5.92. The molecular weight excluding hydrogens is 393 g/mol. The van der Waals surface area contributed by atoms with Crippen LogP contribution < -0.4 is 0 Å². The molecule has 0 aliphatic carbocycles. The molecule has 1 fully saturated rings. The summed E-state index contributed by atoms with van der Waals surface area (Å²) in [6, 6.07) is 9.71. The monoisotopic (exact) mass is 420 g/mol. The molecule has 6 heteroatoms. The van der Waals surface area contributed by atoms with Gasteiger partial charge < -0.3 is 9.47 Å². The van der Waals surface area contributed by atoms with E-state index in [-0.39, 0.29) is 18.3 Å². The van der Waals surface area contributed by atoms with E-state index >= 15 is 4.39 Å². The third-order valence-corrected chi connectivity index (χ3v) is 5.48. The van der Waals surface area contributed by atoms with E-state index in [1.165, 1.54) is 12.1 Å². The average molecular weight is 420 g/mol. The first-order valence-electron chi connectivity index (χ1n) is 10.5. The summed E-state index contributed by atoms with van der Waals surface area (Å²) in [7, 11) is 0. The normalized spacial score (nSPS) is 19.1. The van der Waals surface area contributed by atoms with E-state index in [0.717, 1.165) is 31.2 Å². The molecule has 3 nitrogen and oxygen atoms in total. The summed E-state index contributed by atoms with van der Waals surface area (Å²) in [4.78, 5) is 12.5. The van der Waals surface area contributed by atoms with Gasteiger partial charge in [-0.15, -0.1) is 0 Å². The number of carbonyl (C=O) groups is 1. The van der Waals surface area contributed by atoms with Gasteiger partial charge in [0.05, 0.1) is 23.8 Å². The maximum atomic E-state index is 15.0. The van der Waals surface area contributed by atoms with Gasteiger partial charge in [-0.25, -0.2) is 18.0 Å². The predicted molar refractivity (Wildman–Crippen MR) is 109 cm³/mol. The maximum Gasteiger partial charge on any atom is 0.339 e. The summed E-state index contributed by atoms with van der Waals surface area (Å²) in [6.07, 6.45) is 0.527. The molecule has 1 heterocycles. The van der Waals surface area contributed by atoms with Crippen LogP contribution in [-0.2, 0) is 15.9 Å². The minimum absolute atomic E-state index is 0.0386. The summed E-state index contributed by atoms with van der Waals surface area (Å²) >= 11 is 0. The Morgan fingerprint density at radius 2 is 1.87 bits per heavy atom. The maximum absolute atomic E-state index is 15.0. The van der Waals surface area contributed by atoms with Crippen LogP contribution in [0.25, 0.3) is 11.1 Å². The Hall–Kier alpha value is -2.34. The van der Waals surface area contributed by atoms with Crippen LogP contribution in [0.15, 0.2) is 36.4 Å². The van der Waals surface area contributed by atoms with E-state index in [1.54, 1.807) is 12.1 Å². The molecule has 2 unspecified atom stereocenters. The molecule has 1 saturated heterocycles. The fourth-order valence-corrected chi connectivity index (χ4v) is 3.76. The molecule has 30 heavy (non-hydrogen) atoms. The van der Waals surface area contributed by atoms with Gasteiger partial charge in [0.1, 0.15) is 11.9 Å². The standard InChI is InChI=1S/C24H27F3O3/c1-3-5-15-6-8-16(9-7-15)19-12-13-20(21(22(19)25)23(26)27)24(28)30-18-11-10-17(4-2)29-14-18/h6-9,12-13,17-18,23H,3-5,10-11,14H2,1-2H3. The molecule has 3 rings (SSSR count). The van der Waals surface area contributed by atoms with Crippen molar-refractivity contribution in [1.82, 2.24) is 0 Å². The van der Waals surface area contributed by atoms with Gasteiger partial charge in [-0.3, -0.25) is 0 Å². The van der Waals surface area contributed by atoms with Crippen molar-refractivity contribution >= 4 is 5.97 Å². The quantitative estimate of drug-likeness (QED) is 0.480. The van der Waals surface area contributed by atoms with Crippen LogP contribution in [0.2, 0.25) is 0 Å². The van der Waals surface area contributed by atoms with Crippen molar-refractivity contribution in [2.75, 3.05) is 6.61 Å². The molecular formula is C24H27F3O3. The minimum Gasteiger partial charge on any atom is -0.456 e. The van der Waals surface area contributed by atoms with E-state index in [2.05, 4.69) is 6.92 Å². The highest BCUT2D eigenvalue weighted by atomic mass is 19.3. The molecule has 0 N–H and O–H groups in total. The molecule has 2 aromatic rings. The second-order valence-corrected chi connectivity index (χ2v) is 7.60. The Kier molecular flexibility index (Phi) is 7.53. The summed E-state index contributed by atoms with van der Waals surface area (Å²) in [5.74, 6) is -2.04. The number of carbonyl (C=O) groups excluding carboxylic acids is 1. The third kappa shape index (κ3) is 5.04. The van der Waals surface area contributed by atoms with Crippen LogP contribution in [0.1, 0.15) is 67.4 Å². The van der Waals surface area contributed by atoms with Gasteiger partial charge in [0.2, 0.25) is 0 Å². The van der Waals surface area contributed by atoms with Crippen LogP contribution in [0.3, 0.4) is 0 Å². The van der Waals surface area contributed by atoms with Crippen molar-refractivity contribution in [3.8, 4) is 11.1 Å². The molecule has 2 aromatic carbocycles. The lowest BCUT2D eigenvalue weighted by Crippen LogP contribution is -2.33. The Morgan fingerprint density at radius 1 is 1.13 bits per heavy atom. The van der Waals surface area contributed by atoms with Crippen molar-refractivity contribution in [1.29, 1.82) is 0 Å².